The average molecular weight is 427 g/mol. The molecule has 0 aliphatic carbocycles. The van der Waals surface area contributed by atoms with E-state index in [1.807, 2.05) is 0 Å². The molecule has 1 aliphatic heterocycles. The lowest BCUT2D eigenvalue weighted by Crippen LogP contribution is -2.24. The first-order chi connectivity index (χ1) is 13.4. The molecule has 0 fully saturated rings. The Bertz CT molecular complexity index is 1070. The van der Waals surface area contributed by atoms with E-state index in [1.54, 1.807) is 6.07 Å². The molecule has 1 aliphatic rings. The van der Waals surface area contributed by atoms with Gasteiger partial charge in [-0.25, -0.2) is 5.01 Å². The van der Waals surface area contributed by atoms with Gasteiger partial charge in [0.1, 0.15) is 5.75 Å². The molecule has 2 N–H and O–H groups in total. The molecule has 154 valence electrons. The maximum Gasteiger partial charge on any atom is 0.416 e. The summed E-state index contributed by atoms with van der Waals surface area (Å²) >= 11 is 0. The van der Waals surface area contributed by atoms with Crippen molar-refractivity contribution in [3.63, 3.8) is 0 Å². The van der Waals surface area contributed by atoms with E-state index in [4.69, 9.17) is 5.14 Å². The van der Waals surface area contributed by atoms with Crippen molar-refractivity contribution >= 4 is 21.9 Å². The predicted molar refractivity (Wildman–Crippen MR) is 98.0 cm³/mol. The Morgan fingerprint density at radius 2 is 1.86 bits per heavy atom. The Balaban J connectivity index is 1.89. The fourth-order valence-electron chi connectivity index (χ4n) is 2.99. The zero-order valence-electron chi connectivity index (χ0n) is 15.1. The number of benzene rings is 2. The van der Waals surface area contributed by atoms with Crippen LogP contribution in [0.2, 0.25) is 0 Å². The maximum absolute atomic E-state index is 12.8. The van der Waals surface area contributed by atoms with Crippen molar-refractivity contribution in [1.82, 2.24) is 5.01 Å². The van der Waals surface area contributed by atoms with Crippen molar-refractivity contribution in [1.29, 1.82) is 0 Å². The molecule has 0 spiro atoms. The van der Waals surface area contributed by atoms with Crippen molar-refractivity contribution in [2.24, 2.45) is 10.2 Å². The number of amides is 1. The van der Waals surface area contributed by atoms with E-state index in [2.05, 4.69) is 9.28 Å². The van der Waals surface area contributed by atoms with E-state index in [1.165, 1.54) is 42.3 Å². The van der Waals surface area contributed by atoms with Crippen molar-refractivity contribution in [3.05, 3.63) is 65.2 Å². The normalized spacial score (nSPS) is 17.2. The van der Waals surface area contributed by atoms with Gasteiger partial charge < -0.3 is 4.18 Å². The summed E-state index contributed by atoms with van der Waals surface area (Å²) in [5.74, 6) is -0.415. The quantitative estimate of drug-likeness (QED) is 0.810. The Morgan fingerprint density at radius 1 is 1.21 bits per heavy atom. The fraction of sp³-hybridized carbons (Fsp3) is 0.222. The molecule has 11 heteroatoms. The second-order valence-corrected chi connectivity index (χ2v) is 7.51. The summed E-state index contributed by atoms with van der Waals surface area (Å²) in [4.78, 5) is 12.0. The highest BCUT2D eigenvalue weighted by atomic mass is 32.2. The van der Waals surface area contributed by atoms with E-state index in [0.717, 1.165) is 12.1 Å². The second kappa shape index (κ2) is 7.48. The van der Waals surface area contributed by atoms with Crippen LogP contribution in [-0.2, 0) is 21.3 Å². The smallest absolute Gasteiger partial charge is 0.371 e. The number of alkyl halides is 3. The first-order valence-corrected chi connectivity index (χ1v) is 9.78. The number of hydrogen-bond acceptors (Lipinski definition) is 5. The number of halogens is 3. The van der Waals surface area contributed by atoms with Crippen LogP contribution in [0.4, 0.5) is 13.2 Å². The lowest BCUT2D eigenvalue weighted by atomic mass is 9.97. The minimum absolute atomic E-state index is 0.0277. The molecule has 0 radical (unpaired) electrons. The summed E-state index contributed by atoms with van der Waals surface area (Å²) in [6.07, 6.45) is -4.23. The van der Waals surface area contributed by atoms with Gasteiger partial charge in [-0.3, -0.25) is 4.79 Å². The summed E-state index contributed by atoms with van der Waals surface area (Å²) in [7, 11) is -4.21. The summed E-state index contributed by atoms with van der Waals surface area (Å²) in [6.45, 7) is 1.30. The van der Waals surface area contributed by atoms with Crippen molar-refractivity contribution in [2.75, 3.05) is 0 Å². The Labute approximate surface area is 164 Å². The van der Waals surface area contributed by atoms with Gasteiger partial charge in [-0.15, -0.1) is 0 Å². The first-order valence-electron chi connectivity index (χ1n) is 8.31. The number of nitrogens with two attached hydrogens (primary N) is 1. The van der Waals surface area contributed by atoms with Crippen molar-refractivity contribution < 1.29 is 30.6 Å². The van der Waals surface area contributed by atoms with E-state index in [0.29, 0.717) is 16.8 Å². The van der Waals surface area contributed by atoms with E-state index in [-0.39, 0.29) is 18.1 Å². The standard InChI is InChI=1S/C18H16F3N3O4S/c1-11(25)24-17(12-5-7-14(8-6-12)18(19,20)21)10-16(23-24)13-3-2-4-15(9-13)28-29(22,26)27/h2-9,17H,10H2,1H3,(H2,22,26,27). The molecular weight excluding hydrogens is 411 g/mol. The minimum Gasteiger partial charge on any atom is -0.371 e. The third-order valence-electron chi connectivity index (χ3n) is 4.24. The second-order valence-electron chi connectivity index (χ2n) is 6.35. The molecule has 29 heavy (non-hydrogen) atoms. The van der Waals surface area contributed by atoms with Crippen molar-refractivity contribution in [3.8, 4) is 5.75 Å². The number of nitrogens with zero attached hydrogens (tertiary/aromatic N) is 2. The molecule has 0 saturated carbocycles. The number of rotatable bonds is 4. The van der Waals surface area contributed by atoms with Gasteiger partial charge in [0.15, 0.2) is 0 Å². The average Bonchev–Trinajstić information content (AvgIpc) is 3.05. The van der Waals surface area contributed by atoms with Crippen LogP contribution in [0, 0.1) is 0 Å². The zero-order chi connectivity index (χ0) is 21.4. The van der Waals surface area contributed by atoms with Gasteiger partial charge in [0.25, 0.3) is 0 Å². The SMILES string of the molecule is CC(=O)N1N=C(c2cccc(OS(N)(=O)=O)c2)CC1c1ccc(C(F)(F)F)cc1. The Kier molecular flexibility index (Phi) is 5.37. The lowest BCUT2D eigenvalue weighted by molar-refractivity contribution is -0.137. The molecule has 1 amide bonds. The third-order valence-corrected chi connectivity index (χ3v) is 4.66. The molecule has 0 saturated heterocycles. The topological polar surface area (TPSA) is 102 Å². The number of hydrazone groups is 1. The highest BCUT2D eigenvalue weighted by Crippen LogP contribution is 2.35. The monoisotopic (exact) mass is 427 g/mol. The minimum atomic E-state index is -4.46. The van der Waals surface area contributed by atoms with E-state index < -0.39 is 28.1 Å². The zero-order valence-corrected chi connectivity index (χ0v) is 15.9. The maximum atomic E-state index is 12.8. The van der Waals surface area contributed by atoms with Gasteiger partial charge >= 0.3 is 16.5 Å². The molecule has 2 aromatic rings. The van der Waals surface area contributed by atoms with Crippen LogP contribution in [0.15, 0.2) is 53.6 Å². The summed E-state index contributed by atoms with van der Waals surface area (Å²) in [5, 5.41) is 10.3. The third kappa shape index (κ3) is 4.93. The van der Waals surface area contributed by atoms with Gasteiger partial charge in [-0.05, 0) is 29.8 Å². The summed E-state index contributed by atoms with van der Waals surface area (Å²) in [6, 6.07) is 9.89. The van der Waals surface area contributed by atoms with Gasteiger partial charge in [0.2, 0.25) is 5.91 Å². The van der Waals surface area contributed by atoms with Crippen LogP contribution in [0.1, 0.15) is 36.1 Å². The Hall–Kier alpha value is -2.92. The van der Waals surface area contributed by atoms with E-state index >= 15 is 0 Å². The van der Waals surface area contributed by atoms with Crippen LogP contribution < -0.4 is 9.32 Å². The molecular formula is C18H16F3N3O4S. The molecule has 1 unspecified atom stereocenters. The van der Waals surface area contributed by atoms with E-state index in [9.17, 15) is 26.4 Å². The molecule has 0 aromatic heterocycles. The molecule has 1 atom stereocenters. The number of carbonyl (C=O) groups excluding carboxylic acids is 1. The summed E-state index contributed by atoms with van der Waals surface area (Å²) < 4.78 is 65.2. The fourth-order valence-corrected chi connectivity index (χ4v) is 3.36. The number of hydrogen-bond donors (Lipinski definition) is 1. The van der Waals surface area contributed by atoms with Crippen LogP contribution in [0.5, 0.6) is 5.75 Å². The molecule has 0 bridgehead atoms. The van der Waals surface area contributed by atoms with Gasteiger partial charge in [0.05, 0.1) is 17.3 Å². The first kappa shape index (κ1) is 20.8. The number of carbonyl (C=O) groups is 1. The van der Waals surface area contributed by atoms with Gasteiger partial charge in [-0.1, -0.05) is 24.3 Å². The van der Waals surface area contributed by atoms with Crippen LogP contribution >= 0.6 is 0 Å². The molecule has 3 rings (SSSR count). The van der Waals surface area contributed by atoms with Crippen LogP contribution in [0.25, 0.3) is 0 Å². The van der Waals surface area contributed by atoms with Crippen LogP contribution in [0.3, 0.4) is 0 Å². The van der Waals surface area contributed by atoms with Crippen molar-refractivity contribution in [2.45, 2.75) is 25.6 Å². The highest BCUT2D eigenvalue weighted by Gasteiger charge is 2.34. The lowest BCUT2D eigenvalue weighted by Gasteiger charge is -2.21. The van der Waals surface area contributed by atoms with Gasteiger partial charge in [0, 0.05) is 18.9 Å². The summed E-state index contributed by atoms with van der Waals surface area (Å²) in [5.41, 5.74) is 0.642. The molecule has 2 aromatic carbocycles. The van der Waals surface area contributed by atoms with Crippen LogP contribution in [-0.4, -0.2) is 25.0 Å². The Morgan fingerprint density at radius 3 is 2.41 bits per heavy atom. The predicted octanol–water partition coefficient (Wildman–Crippen LogP) is 2.99. The largest absolute Gasteiger partial charge is 0.416 e. The molecule has 7 nitrogen and oxygen atoms in total. The van der Waals surface area contributed by atoms with Gasteiger partial charge in [-0.2, -0.15) is 31.8 Å². The highest BCUT2D eigenvalue weighted by molar-refractivity contribution is 7.84. The molecule has 1 heterocycles.